The van der Waals surface area contributed by atoms with Crippen molar-refractivity contribution in [3.63, 3.8) is 0 Å². The molecule has 146 valence electrons. The van der Waals surface area contributed by atoms with Crippen LogP contribution in [-0.2, 0) is 4.79 Å². The summed E-state index contributed by atoms with van der Waals surface area (Å²) in [6, 6.07) is 15.8. The Labute approximate surface area is 166 Å². The molecule has 3 rings (SSSR count). The lowest BCUT2D eigenvalue weighted by Crippen LogP contribution is -2.48. The molecule has 2 amide bonds. The largest absolute Gasteiger partial charge is 0.368 e. The SMILES string of the molecule is Cc1cccc(N2CCN(C(=O)/C=C/c3ccc(C(=O)N(C)C)cc3)CC2)c1. The van der Waals surface area contributed by atoms with Gasteiger partial charge in [-0.05, 0) is 48.4 Å². The first-order valence-corrected chi connectivity index (χ1v) is 9.54. The molecule has 28 heavy (non-hydrogen) atoms. The molecular weight excluding hydrogens is 350 g/mol. The van der Waals surface area contributed by atoms with E-state index in [0.717, 1.165) is 18.7 Å². The minimum absolute atomic E-state index is 0.0253. The second-order valence-corrected chi connectivity index (χ2v) is 7.31. The van der Waals surface area contributed by atoms with E-state index >= 15 is 0 Å². The Bertz CT molecular complexity index is 864. The van der Waals surface area contributed by atoms with Crippen molar-refractivity contribution in [2.24, 2.45) is 0 Å². The number of carbonyl (C=O) groups is 2. The fourth-order valence-corrected chi connectivity index (χ4v) is 3.28. The van der Waals surface area contributed by atoms with Crippen LogP contribution in [0.3, 0.4) is 0 Å². The van der Waals surface area contributed by atoms with Gasteiger partial charge in [0.25, 0.3) is 5.91 Å². The topological polar surface area (TPSA) is 43.9 Å². The van der Waals surface area contributed by atoms with Crippen molar-refractivity contribution in [3.05, 3.63) is 71.3 Å². The van der Waals surface area contributed by atoms with E-state index in [4.69, 9.17) is 0 Å². The zero-order valence-electron chi connectivity index (χ0n) is 16.8. The number of carbonyl (C=O) groups excluding carboxylic acids is 2. The molecule has 0 unspecified atom stereocenters. The van der Waals surface area contributed by atoms with Crippen molar-refractivity contribution in [1.29, 1.82) is 0 Å². The van der Waals surface area contributed by atoms with Gasteiger partial charge in [0.1, 0.15) is 0 Å². The highest BCUT2D eigenvalue weighted by Crippen LogP contribution is 2.18. The number of aryl methyl sites for hydroxylation is 1. The van der Waals surface area contributed by atoms with E-state index in [1.165, 1.54) is 11.3 Å². The molecule has 0 aliphatic carbocycles. The molecule has 0 radical (unpaired) electrons. The van der Waals surface area contributed by atoms with Gasteiger partial charge in [0.15, 0.2) is 0 Å². The molecule has 1 heterocycles. The second-order valence-electron chi connectivity index (χ2n) is 7.31. The predicted molar refractivity (Wildman–Crippen MR) is 113 cm³/mol. The Balaban J connectivity index is 1.55. The molecule has 0 atom stereocenters. The number of hydrogen-bond acceptors (Lipinski definition) is 3. The first-order chi connectivity index (χ1) is 13.4. The standard InChI is InChI=1S/C23H27N3O2/c1-18-5-4-6-21(17-18)25-13-15-26(16-14-25)22(27)12-9-19-7-10-20(11-8-19)23(28)24(2)3/h4-12,17H,13-16H2,1-3H3/b12-9+. The lowest BCUT2D eigenvalue weighted by Gasteiger charge is -2.35. The third kappa shape index (κ3) is 4.80. The summed E-state index contributed by atoms with van der Waals surface area (Å²) >= 11 is 0. The molecule has 1 aliphatic rings. The number of benzene rings is 2. The van der Waals surface area contributed by atoms with Crippen LogP contribution in [0.5, 0.6) is 0 Å². The summed E-state index contributed by atoms with van der Waals surface area (Å²) in [5.74, 6) is -0.00424. The van der Waals surface area contributed by atoms with Gasteiger partial charge >= 0.3 is 0 Å². The Hall–Kier alpha value is -3.08. The van der Waals surface area contributed by atoms with Crippen molar-refractivity contribution in [2.75, 3.05) is 45.2 Å². The maximum atomic E-state index is 12.5. The van der Waals surface area contributed by atoms with Crippen LogP contribution in [0.4, 0.5) is 5.69 Å². The minimum Gasteiger partial charge on any atom is -0.368 e. The second kappa shape index (κ2) is 8.74. The average molecular weight is 377 g/mol. The molecule has 1 saturated heterocycles. The summed E-state index contributed by atoms with van der Waals surface area (Å²) in [4.78, 5) is 30.2. The highest BCUT2D eigenvalue weighted by molar-refractivity contribution is 5.94. The highest BCUT2D eigenvalue weighted by Gasteiger charge is 2.19. The van der Waals surface area contributed by atoms with Crippen molar-refractivity contribution in [3.8, 4) is 0 Å². The molecule has 0 spiro atoms. The normalized spacial score (nSPS) is 14.4. The van der Waals surface area contributed by atoms with Crippen molar-refractivity contribution in [1.82, 2.24) is 9.80 Å². The lowest BCUT2D eigenvalue weighted by molar-refractivity contribution is -0.126. The fourth-order valence-electron chi connectivity index (χ4n) is 3.28. The summed E-state index contributed by atoms with van der Waals surface area (Å²) in [7, 11) is 3.46. The van der Waals surface area contributed by atoms with Crippen LogP contribution in [0.15, 0.2) is 54.6 Å². The predicted octanol–water partition coefficient (Wildman–Crippen LogP) is 3.06. The summed E-state index contributed by atoms with van der Waals surface area (Å²) < 4.78 is 0. The molecular formula is C23H27N3O2. The maximum absolute atomic E-state index is 12.5. The van der Waals surface area contributed by atoms with E-state index in [2.05, 4.69) is 36.1 Å². The summed E-state index contributed by atoms with van der Waals surface area (Å²) in [5, 5.41) is 0. The first-order valence-electron chi connectivity index (χ1n) is 9.54. The number of amides is 2. The molecule has 2 aromatic carbocycles. The van der Waals surface area contributed by atoms with Gasteiger partial charge < -0.3 is 14.7 Å². The van der Waals surface area contributed by atoms with Crippen molar-refractivity contribution < 1.29 is 9.59 Å². The quantitative estimate of drug-likeness (QED) is 0.769. The van der Waals surface area contributed by atoms with Gasteiger partial charge in [-0.15, -0.1) is 0 Å². The molecule has 0 bridgehead atoms. The molecule has 0 aromatic heterocycles. The van der Waals surface area contributed by atoms with Gasteiger partial charge in [-0.3, -0.25) is 9.59 Å². The molecule has 5 nitrogen and oxygen atoms in total. The van der Waals surface area contributed by atoms with Crippen LogP contribution >= 0.6 is 0 Å². The van der Waals surface area contributed by atoms with E-state index in [0.29, 0.717) is 18.7 Å². The number of nitrogens with zero attached hydrogens (tertiary/aromatic N) is 3. The highest BCUT2D eigenvalue weighted by atomic mass is 16.2. The van der Waals surface area contributed by atoms with Crippen LogP contribution in [0.2, 0.25) is 0 Å². The molecule has 1 aliphatic heterocycles. The fraction of sp³-hybridized carbons (Fsp3) is 0.304. The van der Waals surface area contributed by atoms with E-state index < -0.39 is 0 Å². The lowest BCUT2D eigenvalue weighted by atomic mass is 10.1. The molecule has 1 fully saturated rings. The Morgan fingerprint density at radius 3 is 2.25 bits per heavy atom. The minimum atomic E-state index is -0.0295. The molecule has 0 N–H and O–H groups in total. The van der Waals surface area contributed by atoms with E-state index in [-0.39, 0.29) is 11.8 Å². The van der Waals surface area contributed by atoms with Gasteiger partial charge in [0.05, 0.1) is 0 Å². The third-order valence-corrected chi connectivity index (χ3v) is 4.94. The first kappa shape index (κ1) is 19.7. The number of piperazine rings is 1. The Morgan fingerprint density at radius 1 is 0.964 bits per heavy atom. The number of rotatable bonds is 4. The summed E-state index contributed by atoms with van der Waals surface area (Å²) in [6.07, 6.45) is 3.42. The Kier molecular flexibility index (Phi) is 6.14. The van der Waals surface area contributed by atoms with Crippen LogP contribution in [0, 0.1) is 6.92 Å². The molecule has 0 saturated carbocycles. The van der Waals surface area contributed by atoms with Crippen molar-refractivity contribution in [2.45, 2.75) is 6.92 Å². The third-order valence-electron chi connectivity index (χ3n) is 4.94. The molecule has 2 aromatic rings. The van der Waals surface area contributed by atoms with Gasteiger partial charge in [0, 0.05) is 57.6 Å². The number of hydrogen-bond donors (Lipinski definition) is 0. The van der Waals surface area contributed by atoms with Crippen LogP contribution in [-0.4, -0.2) is 61.9 Å². The average Bonchev–Trinajstić information content (AvgIpc) is 2.72. The zero-order chi connectivity index (χ0) is 20.1. The summed E-state index contributed by atoms with van der Waals surface area (Å²) in [5.41, 5.74) is 4.01. The van der Waals surface area contributed by atoms with Crippen LogP contribution in [0.25, 0.3) is 6.08 Å². The molecule has 5 heteroatoms. The van der Waals surface area contributed by atoms with Crippen molar-refractivity contribution >= 4 is 23.6 Å². The van der Waals surface area contributed by atoms with Gasteiger partial charge in [0.2, 0.25) is 5.91 Å². The van der Waals surface area contributed by atoms with E-state index in [1.807, 2.05) is 17.0 Å². The number of anilines is 1. The van der Waals surface area contributed by atoms with Gasteiger partial charge in [-0.1, -0.05) is 24.3 Å². The zero-order valence-corrected chi connectivity index (χ0v) is 16.8. The maximum Gasteiger partial charge on any atom is 0.253 e. The van der Waals surface area contributed by atoms with Gasteiger partial charge in [-0.2, -0.15) is 0 Å². The smallest absolute Gasteiger partial charge is 0.253 e. The van der Waals surface area contributed by atoms with E-state index in [1.54, 1.807) is 43.3 Å². The monoisotopic (exact) mass is 377 g/mol. The van der Waals surface area contributed by atoms with Gasteiger partial charge in [-0.25, -0.2) is 0 Å². The Morgan fingerprint density at radius 2 is 1.64 bits per heavy atom. The van der Waals surface area contributed by atoms with Crippen LogP contribution < -0.4 is 4.90 Å². The van der Waals surface area contributed by atoms with E-state index in [9.17, 15) is 9.59 Å². The van der Waals surface area contributed by atoms with Crippen LogP contribution in [0.1, 0.15) is 21.5 Å². The summed E-state index contributed by atoms with van der Waals surface area (Å²) in [6.45, 7) is 5.20.